The van der Waals surface area contributed by atoms with E-state index in [1.165, 1.54) is 0 Å². The summed E-state index contributed by atoms with van der Waals surface area (Å²) in [5.41, 5.74) is -0.204. The molecule has 1 fully saturated rings. The number of aliphatic hydroxyl groups excluding tert-OH is 1. The normalized spacial score (nSPS) is 26.7. The Kier molecular flexibility index (Phi) is 5.22. The molecule has 94 valence electrons. The zero-order chi connectivity index (χ0) is 12.0. The molecule has 1 saturated heterocycles. The highest BCUT2D eigenvalue weighted by Crippen LogP contribution is 2.31. The van der Waals surface area contributed by atoms with Crippen LogP contribution in [-0.2, 0) is 4.79 Å². The fraction of sp³-hybridized carbons (Fsp3) is 0.917. The maximum absolute atomic E-state index is 12.1. The van der Waals surface area contributed by atoms with Gasteiger partial charge in [0.05, 0.1) is 5.41 Å². The minimum atomic E-state index is -0.204. The summed E-state index contributed by atoms with van der Waals surface area (Å²) < 4.78 is 0. The molecule has 1 heterocycles. The van der Waals surface area contributed by atoms with E-state index in [4.69, 9.17) is 5.11 Å². The van der Waals surface area contributed by atoms with Crippen molar-refractivity contribution in [3.63, 3.8) is 0 Å². The van der Waals surface area contributed by atoms with Gasteiger partial charge in [-0.2, -0.15) is 0 Å². The number of rotatable bonds is 6. The molecule has 4 nitrogen and oxygen atoms in total. The van der Waals surface area contributed by atoms with Gasteiger partial charge < -0.3 is 15.7 Å². The van der Waals surface area contributed by atoms with Crippen LogP contribution in [0.25, 0.3) is 0 Å². The molecule has 0 spiro atoms. The maximum Gasteiger partial charge on any atom is 0.227 e. The van der Waals surface area contributed by atoms with Crippen molar-refractivity contribution in [1.29, 1.82) is 0 Å². The van der Waals surface area contributed by atoms with E-state index in [2.05, 4.69) is 17.6 Å². The van der Waals surface area contributed by atoms with Crippen molar-refractivity contribution < 1.29 is 9.90 Å². The first kappa shape index (κ1) is 13.5. The standard InChI is InChI=1S/C12H24N2O2/c1-3-4-12(5-6-13-9-12)11(16)14-7-10(2)8-15/h10,13,15H,3-9H2,1-2H3,(H,14,16). The second-order valence-electron chi connectivity index (χ2n) is 4.95. The molecule has 2 atom stereocenters. The molecule has 3 N–H and O–H groups in total. The molecule has 0 aromatic heterocycles. The largest absolute Gasteiger partial charge is 0.396 e. The fourth-order valence-electron chi connectivity index (χ4n) is 2.26. The van der Waals surface area contributed by atoms with Crippen molar-refractivity contribution in [2.75, 3.05) is 26.2 Å². The Balaban J connectivity index is 2.48. The zero-order valence-electron chi connectivity index (χ0n) is 10.4. The Hall–Kier alpha value is -0.610. The number of carbonyl (C=O) groups is 1. The van der Waals surface area contributed by atoms with E-state index in [-0.39, 0.29) is 23.8 Å². The van der Waals surface area contributed by atoms with Gasteiger partial charge in [0.1, 0.15) is 0 Å². The first-order valence-electron chi connectivity index (χ1n) is 6.24. The van der Waals surface area contributed by atoms with Gasteiger partial charge in [0, 0.05) is 19.7 Å². The summed E-state index contributed by atoms with van der Waals surface area (Å²) in [4.78, 5) is 12.1. The van der Waals surface area contributed by atoms with Crippen molar-refractivity contribution in [1.82, 2.24) is 10.6 Å². The number of hydrogen-bond acceptors (Lipinski definition) is 3. The van der Waals surface area contributed by atoms with Crippen molar-refractivity contribution >= 4 is 5.91 Å². The van der Waals surface area contributed by atoms with Crippen molar-refractivity contribution in [3.05, 3.63) is 0 Å². The smallest absolute Gasteiger partial charge is 0.227 e. The van der Waals surface area contributed by atoms with Crippen LogP contribution >= 0.6 is 0 Å². The highest BCUT2D eigenvalue weighted by atomic mass is 16.3. The Bertz CT molecular complexity index is 225. The van der Waals surface area contributed by atoms with Crippen LogP contribution in [0.1, 0.15) is 33.1 Å². The van der Waals surface area contributed by atoms with E-state index in [1.54, 1.807) is 0 Å². The summed E-state index contributed by atoms with van der Waals surface area (Å²) in [5, 5.41) is 15.1. The third kappa shape index (κ3) is 3.19. The molecular formula is C12H24N2O2. The van der Waals surface area contributed by atoms with Gasteiger partial charge in [-0.05, 0) is 25.3 Å². The molecule has 0 aromatic carbocycles. The summed E-state index contributed by atoms with van der Waals surface area (Å²) in [5.74, 6) is 0.289. The lowest BCUT2D eigenvalue weighted by Gasteiger charge is -2.27. The number of carbonyl (C=O) groups excluding carboxylic acids is 1. The summed E-state index contributed by atoms with van der Waals surface area (Å²) in [6.45, 7) is 6.46. The molecule has 1 amide bonds. The Morgan fingerprint density at radius 2 is 2.38 bits per heavy atom. The number of amides is 1. The quantitative estimate of drug-likeness (QED) is 0.621. The fourth-order valence-corrected chi connectivity index (χ4v) is 2.26. The Labute approximate surface area is 97.8 Å². The number of aliphatic hydroxyl groups is 1. The number of nitrogens with one attached hydrogen (secondary N) is 2. The molecule has 4 heteroatoms. The molecule has 0 bridgehead atoms. The Morgan fingerprint density at radius 1 is 1.62 bits per heavy atom. The molecular weight excluding hydrogens is 204 g/mol. The molecule has 0 aromatic rings. The van der Waals surface area contributed by atoms with Crippen LogP contribution in [0.5, 0.6) is 0 Å². The van der Waals surface area contributed by atoms with E-state index in [9.17, 15) is 4.79 Å². The highest BCUT2D eigenvalue weighted by Gasteiger charge is 2.39. The average molecular weight is 228 g/mol. The summed E-state index contributed by atoms with van der Waals surface area (Å²) in [6.07, 6.45) is 2.91. The molecule has 0 radical (unpaired) electrons. The number of hydrogen-bond donors (Lipinski definition) is 3. The molecule has 2 unspecified atom stereocenters. The molecule has 0 saturated carbocycles. The van der Waals surface area contributed by atoms with Crippen LogP contribution in [0, 0.1) is 11.3 Å². The van der Waals surface area contributed by atoms with Gasteiger partial charge in [0.25, 0.3) is 0 Å². The van der Waals surface area contributed by atoms with Crippen molar-refractivity contribution in [2.24, 2.45) is 11.3 Å². The van der Waals surface area contributed by atoms with Gasteiger partial charge >= 0.3 is 0 Å². The summed E-state index contributed by atoms with van der Waals surface area (Å²) in [7, 11) is 0. The van der Waals surface area contributed by atoms with Gasteiger partial charge in [0.15, 0.2) is 0 Å². The third-order valence-corrected chi connectivity index (χ3v) is 3.38. The lowest BCUT2D eigenvalue weighted by Crippen LogP contribution is -2.44. The zero-order valence-corrected chi connectivity index (χ0v) is 10.4. The highest BCUT2D eigenvalue weighted by molar-refractivity contribution is 5.83. The van der Waals surface area contributed by atoms with Crippen LogP contribution in [0.3, 0.4) is 0 Å². The molecule has 1 aliphatic heterocycles. The first-order valence-corrected chi connectivity index (χ1v) is 6.24. The topological polar surface area (TPSA) is 61.4 Å². The molecule has 16 heavy (non-hydrogen) atoms. The van der Waals surface area contributed by atoms with Crippen molar-refractivity contribution in [2.45, 2.75) is 33.1 Å². The van der Waals surface area contributed by atoms with Crippen LogP contribution in [0.4, 0.5) is 0 Å². The lowest BCUT2D eigenvalue weighted by atomic mass is 9.81. The lowest BCUT2D eigenvalue weighted by molar-refractivity contribution is -0.130. The van der Waals surface area contributed by atoms with Crippen LogP contribution in [-0.4, -0.2) is 37.3 Å². The van der Waals surface area contributed by atoms with Gasteiger partial charge in [-0.15, -0.1) is 0 Å². The molecule has 0 aliphatic carbocycles. The molecule has 1 aliphatic rings. The van der Waals surface area contributed by atoms with Gasteiger partial charge in [-0.1, -0.05) is 20.3 Å². The van der Waals surface area contributed by atoms with E-state index in [1.807, 2.05) is 6.92 Å². The second kappa shape index (κ2) is 6.21. The van der Waals surface area contributed by atoms with Crippen molar-refractivity contribution in [3.8, 4) is 0 Å². The summed E-state index contributed by atoms with van der Waals surface area (Å²) in [6, 6.07) is 0. The van der Waals surface area contributed by atoms with E-state index in [0.717, 1.165) is 32.4 Å². The van der Waals surface area contributed by atoms with Crippen LogP contribution in [0.15, 0.2) is 0 Å². The van der Waals surface area contributed by atoms with Crippen LogP contribution in [0.2, 0.25) is 0 Å². The summed E-state index contributed by atoms with van der Waals surface area (Å²) >= 11 is 0. The minimum Gasteiger partial charge on any atom is -0.396 e. The predicted octanol–water partition coefficient (Wildman–Crippen LogP) is 0.511. The van der Waals surface area contributed by atoms with E-state index < -0.39 is 0 Å². The minimum absolute atomic E-state index is 0.124. The SMILES string of the molecule is CCCC1(C(=O)NCC(C)CO)CCNC1. The van der Waals surface area contributed by atoms with E-state index in [0.29, 0.717) is 6.54 Å². The van der Waals surface area contributed by atoms with Crippen LogP contribution < -0.4 is 10.6 Å². The van der Waals surface area contributed by atoms with Gasteiger partial charge in [-0.3, -0.25) is 4.79 Å². The Morgan fingerprint density at radius 3 is 2.88 bits per heavy atom. The predicted molar refractivity (Wildman–Crippen MR) is 64.1 cm³/mol. The maximum atomic E-state index is 12.1. The van der Waals surface area contributed by atoms with Gasteiger partial charge in [0.2, 0.25) is 5.91 Å². The molecule has 1 rings (SSSR count). The first-order chi connectivity index (χ1) is 7.64. The van der Waals surface area contributed by atoms with Gasteiger partial charge in [-0.25, -0.2) is 0 Å². The van der Waals surface area contributed by atoms with E-state index >= 15 is 0 Å². The third-order valence-electron chi connectivity index (χ3n) is 3.38. The average Bonchev–Trinajstić information content (AvgIpc) is 2.75. The second-order valence-corrected chi connectivity index (χ2v) is 4.95. The monoisotopic (exact) mass is 228 g/mol.